The molecule has 0 aliphatic carbocycles. The quantitative estimate of drug-likeness (QED) is 0.240. The van der Waals surface area contributed by atoms with Crippen molar-refractivity contribution in [1.82, 2.24) is 15.6 Å². The number of primary amides is 1. The van der Waals surface area contributed by atoms with E-state index in [4.69, 9.17) is 20.0 Å². The predicted molar refractivity (Wildman–Crippen MR) is 163 cm³/mol. The van der Waals surface area contributed by atoms with E-state index in [1.54, 1.807) is 19.9 Å². The number of nitrogens with zero attached hydrogens (tertiary/aromatic N) is 1. The maximum atomic E-state index is 13.4. The lowest BCUT2D eigenvalue weighted by molar-refractivity contribution is -0.130. The van der Waals surface area contributed by atoms with Gasteiger partial charge in [-0.15, -0.1) is 0 Å². The van der Waals surface area contributed by atoms with Gasteiger partial charge in [0.25, 0.3) is 0 Å². The summed E-state index contributed by atoms with van der Waals surface area (Å²) in [5, 5.41) is 17.1. The van der Waals surface area contributed by atoms with E-state index < -0.39 is 35.3 Å². The lowest BCUT2D eigenvalue weighted by Crippen LogP contribution is -2.53. The van der Waals surface area contributed by atoms with Crippen LogP contribution in [0, 0.1) is 11.3 Å². The number of anilines is 1. The monoisotopic (exact) mass is 613 g/mol. The first-order chi connectivity index (χ1) is 20.6. The molecule has 13 nitrogen and oxygen atoms in total. The van der Waals surface area contributed by atoms with Gasteiger partial charge in [0.2, 0.25) is 30.0 Å². The van der Waals surface area contributed by atoms with Crippen molar-refractivity contribution in [2.45, 2.75) is 78.9 Å². The number of nitrogens with two attached hydrogens (primary N) is 1. The first-order valence-electron chi connectivity index (χ1n) is 14.3. The van der Waals surface area contributed by atoms with Crippen LogP contribution in [-0.4, -0.2) is 59.4 Å². The number of aliphatic hydroxyl groups excluding tert-OH is 1. The van der Waals surface area contributed by atoms with E-state index in [2.05, 4.69) is 20.9 Å². The molecule has 3 atom stereocenters. The van der Waals surface area contributed by atoms with E-state index in [9.17, 15) is 24.0 Å². The Bertz CT molecular complexity index is 1380. The van der Waals surface area contributed by atoms with Crippen LogP contribution in [0.3, 0.4) is 0 Å². The number of carbonyl (C=O) groups excluding carboxylic acids is 5. The topological polar surface area (TPSA) is 203 Å². The van der Waals surface area contributed by atoms with Crippen molar-refractivity contribution in [3.05, 3.63) is 53.2 Å². The first-order valence-corrected chi connectivity index (χ1v) is 14.3. The number of aryl methyl sites for hydroxylation is 1. The maximum absolute atomic E-state index is 13.4. The number of aliphatic hydroxyl groups is 1. The molecule has 44 heavy (non-hydrogen) atoms. The van der Waals surface area contributed by atoms with Gasteiger partial charge in [0.05, 0.1) is 7.11 Å². The van der Waals surface area contributed by atoms with Gasteiger partial charge in [0, 0.05) is 18.0 Å². The number of amides is 4. The van der Waals surface area contributed by atoms with Crippen LogP contribution >= 0.6 is 0 Å². The van der Waals surface area contributed by atoms with Crippen molar-refractivity contribution < 1.29 is 38.2 Å². The lowest BCUT2D eigenvalue weighted by Gasteiger charge is -2.30. The van der Waals surface area contributed by atoms with Gasteiger partial charge in [-0.25, -0.2) is 9.78 Å². The fraction of sp³-hybridized carbons (Fsp3) is 0.484. The fourth-order valence-corrected chi connectivity index (χ4v) is 4.34. The van der Waals surface area contributed by atoms with E-state index >= 15 is 0 Å². The highest BCUT2D eigenvalue weighted by atomic mass is 16.5. The number of hydrogen-bond donors (Lipinski definition) is 5. The number of nitrogens with one attached hydrogen (secondary N) is 3. The van der Waals surface area contributed by atoms with E-state index in [1.807, 2.05) is 45.9 Å². The molecule has 2 unspecified atom stereocenters. The van der Waals surface area contributed by atoms with Gasteiger partial charge in [0.1, 0.15) is 24.1 Å². The van der Waals surface area contributed by atoms with Crippen LogP contribution in [0.15, 0.2) is 35.0 Å². The standard InChI is InChI=1S/C26H32N4O6.C5H11NO2/c1-15-11-19(24-29-20(13-36-24)25(34)35-5)28-23(33)22(26(2,3)4)30-21(32)8-6-7-16-9-10-18(27-14-31)17(15)12-16;1-3(2)4(7)5(6)8/h9-15,22H,6-8H2,1-5H3,(H,27,31)(H,28,33)(H,30,32);3-4,7H,1-2H3,(H2,6,8)/t15-,22?;/m0./s1. The van der Waals surface area contributed by atoms with Gasteiger partial charge in [-0.2, -0.15) is 0 Å². The maximum Gasteiger partial charge on any atom is 0.360 e. The summed E-state index contributed by atoms with van der Waals surface area (Å²) in [7, 11) is 1.23. The molecule has 3 rings (SSSR count). The molecule has 2 bridgehead atoms. The fourth-order valence-electron chi connectivity index (χ4n) is 4.34. The van der Waals surface area contributed by atoms with Crippen molar-refractivity contribution in [1.29, 1.82) is 0 Å². The second-order valence-electron chi connectivity index (χ2n) is 11.9. The molecule has 1 aromatic heterocycles. The highest BCUT2D eigenvalue weighted by Crippen LogP contribution is 2.30. The molecule has 0 radical (unpaired) electrons. The molecule has 1 aromatic carbocycles. The summed E-state index contributed by atoms with van der Waals surface area (Å²) in [6.45, 7) is 10.9. The number of aromatic nitrogens is 1. The number of allylic oxidation sites excluding steroid dienone is 1. The average molecular weight is 614 g/mol. The highest BCUT2D eigenvalue weighted by molar-refractivity contribution is 5.94. The normalized spacial score (nSPS) is 18.3. The van der Waals surface area contributed by atoms with Crippen LogP contribution in [0.2, 0.25) is 0 Å². The Morgan fingerprint density at radius 2 is 1.91 bits per heavy atom. The van der Waals surface area contributed by atoms with Crippen LogP contribution in [0.25, 0.3) is 5.70 Å². The molecular formula is C31H43N5O8. The molecule has 4 amide bonds. The molecule has 0 spiro atoms. The molecule has 13 heteroatoms. The molecule has 1 aliphatic rings. The van der Waals surface area contributed by atoms with Crippen LogP contribution in [0.4, 0.5) is 5.69 Å². The van der Waals surface area contributed by atoms with Crippen LogP contribution in [-0.2, 0) is 30.3 Å². The summed E-state index contributed by atoms with van der Waals surface area (Å²) in [6, 6.07) is 4.84. The number of fused-ring (bicyclic) bond motifs is 2. The van der Waals surface area contributed by atoms with Gasteiger partial charge in [-0.05, 0) is 47.4 Å². The zero-order valence-corrected chi connectivity index (χ0v) is 26.2. The summed E-state index contributed by atoms with van der Waals surface area (Å²) < 4.78 is 10.2. The number of ether oxygens (including phenoxy) is 1. The summed E-state index contributed by atoms with van der Waals surface area (Å²) in [5.41, 5.74) is 6.74. The Balaban J connectivity index is 0.000000742. The van der Waals surface area contributed by atoms with Crippen LogP contribution < -0.4 is 21.7 Å². The molecule has 0 saturated carbocycles. The van der Waals surface area contributed by atoms with Gasteiger partial charge in [-0.3, -0.25) is 19.2 Å². The summed E-state index contributed by atoms with van der Waals surface area (Å²) in [6.07, 6.45) is 4.00. The third-order valence-electron chi connectivity index (χ3n) is 6.85. The minimum absolute atomic E-state index is 0.00253. The summed E-state index contributed by atoms with van der Waals surface area (Å²) >= 11 is 0. The predicted octanol–water partition coefficient (Wildman–Crippen LogP) is 2.65. The van der Waals surface area contributed by atoms with Crippen LogP contribution in [0.5, 0.6) is 0 Å². The van der Waals surface area contributed by atoms with E-state index in [0.717, 1.165) is 17.4 Å². The van der Waals surface area contributed by atoms with Crippen LogP contribution in [0.1, 0.15) is 87.8 Å². The number of esters is 1. The van der Waals surface area contributed by atoms with Crippen molar-refractivity contribution >= 4 is 41.5 Å². The zero-order valence-electron chi connectivity index (χ0n) is 26.2. The zero-order chi connectivity index (χ0) is 33.2. The Morgan fingerprint density at radius 3 is 2.45 bits per heavy atom. The second-order valence-corrected chi connectivity index (χ2v) is 11.9. The molecule has 240 valence electrons. The van der Waals surface area contributed by atoms with Gasteiger partial charge in [-0.1, -0.05) is 53.7 Å². The van der Waals surface area contributed by atoms with Crippen molar-refractivity contribution in [3.8, 4) is 0 Å². The van der Waals surface area contributed by atoms with E-state index in [-0.39, 0.29) is 41.4 Å². The smallest absolute Gasteiger partial charge is 0.360 e. The van der Waals surface area contributed by atoms with Gasteiger partial charge >= 0.3 is 5.97 Å². The number of benzene rings is 1. The Labute approximate surface area is 257 Å². The van der Waals surface area contributed by atoms with Gasteiger partial charge in [0.15, 0.2) is 5.69 Å². The minimum atomic E-state index is -0.991. The van der Waals surface area contributed by atoms with Crippen molar-refractivity contribution in [2.24, 2.45) is 17.1 Å². The first kappa shape index (κ1) is 35.7. The van der Waals surface area contributed by atoms with Gasteiger partial charge < -0.3 is 35.9 Å². The lowest BCUT2D eigenvalue weighted by atomic mass is 9.85. The Morgan fingerprint density at radius 1 is 1.23 bits per heavy atom. The van der Waals surface area contributed by atoms with E-state index in [1.165, 1.54) is 7.11 Å². The third-order valence-corrected chi connectivity index (χ3v) is 6.85. The summed E-state index contributed by atoms with van der Waals surface area (Å²) in [4.78, 5) is 63.6. The largest absolute Gasteiger partial charge is 0.464 e. The highest BCUT2D eigenvalue weighted by Gasteiger charge is 2.34. The number of rotatable bonds is 6. The average Bonchev–Trinajstić information content (AvgIpc) is 3.45. The Hall–Kier alpha value is -4.52. The molecule has 2 heterocycles. The minimum Gasteiger partial charge on any atom is -0.464 e. The van der Waals surface area contributed by atoms with E-state index in [0.29, 0.717) is 24.9 Å². The SMILES string of the molecule is CC(C)C(O)C(N)=O.COC(=O)c1coc(C2=C[C@H](C)c3cc(ccc3NC=O)CCCC(=O)NC(C(C)(C)C)C(=O)N2)n1. The molecular weight excluding hydrogens is 570 g/mol. The summed E-state index contributed by atoms with van der Waals surface area (Å²) in [5.74, 6) is -2.40. The third kappa shape index (κ3) is 10.0. The molecule has 2 aromatic rings. The molecule has 0 saturated heterocycles. The molecule has 6 N–H and O–H groups in total. The van der Waals surface area contributed by atoms with Crippen molar-refractivity contribution in [2.75, 3.05) is 12.4 Å². The number of carbonyl (C=O) groups is 5. The second kappa shape index (κ2) is 15.8. The molecule has 1 aliphatic heterocycles. The molecule has 0 fully saturated rings. The number of methoxy groups -OCH3 is 1. The Kier molecular flexibility index (Phi) is 12.8. The van der Waals surface area contributed by atoms with Crippen molar-refractivity contribution in [3.63, 3.8) is 0 Å². The number of hydrogen-bond acceptors (Lipinski definition) is 9. The number of oxazole rings is 1.